The Hall–Kier alpha value is -1.04. The van der Waals surface area contributed by atoms with Gasteiger partial charge in [-0.3, -0.25) is 4.90 Å². The third-order valence-electron chi connectivity index (χ3n) is 3.92. The van der Waals surface area contributed by atoms with Crippen molar-refractivity contribution in [2.24, 2.45) is 5.41 Å². The average molecular weight is 279 g/mol. The van der Waals surface area contributed by atoms with Gasteiger partial charge in [0, 0.05) is 18.0 Å². The van der Waals surface area contributed by atoms with Gasteiger partial charge in [0.05, 0.1) is 7.11 Å². The Kier molecular flexibility index (Phi) is 5.63. The lowest BCUT2D eigenvalue weighted by atomic mass is 9.78. The Labute approximate surface area is 122 Å². The van der Waals surface area contributed by atoms with Crippen LogP contribution in [0.2, 0.25) is 0 Å². The van der Waals surface area contributed by atoms with Gasteiger partial charge >= 0.3 is 7.12 Å². The molecule has 0 heterocycles. The molecule has 0 saturated carbocycles. The van der Waals surface area contributed by atoms with Crippen LogP contribution in [-0.4, -0.2) is 42.3 Å². The fourth-order valence-electron chi connectivity index (χ4n) is 2.17. The molecule has 1 unspecified atom stereocenters. The van der Waals surface area contributed by atoms with Crippen LogP contribution in [0.5, 0.6) is 5.75 Å². The summed E-state index contributed by atoms with van der Waals surface area (Å²) in [7, 11) is 2.08. The first-order valence-corrected chi connectivity index (χ1v) is 6.90. The van der Waals surface area contributed by atoms with E-state index < -0.39 is 7.12 Å². The van der Waals surface area contributed by atoms with E-state index in [1.54, 1.807) is 12.1 Å². The molecule has 0 amide bonds. The number of benzene rings is 1. The monoisotopic (exact) mass is 279 g/mol. The van der Waals surface area contributed by atoms with Crippen LogP contribution in [0.3, 0.4) is 0 Å². The van der Waals surface area contributed by atoms with Crippen LogP contribution in [0.4, 0.5) is 0 Å². The Morgan fingerprint density at radius 1 is 1.30 bits per heavy atom. The molecule has 20 heavy (non-hydrogen) atoms. The lowest BCUT2D eigenvalue weighted by Crippen LogP contribution is -2.39. The Morgan fingerprint density at radius 2 is 1.90 bits per heavy atom. The summed E-state index contributed by atoms with van der Waals surface area (Å²) in [4.78, 5) is 2.26. The average Bonchev–Trinajstić information content (AvgIpc) is 2.36. The van der Waals surface area contributed by atoms with Gasteiger partial charge in [-0.05, 0) is 31.0 Å². The highest BCUT2D eigenvalue weighted by atomic mass is 16.5. The molecule has 0 aliphatic carbocycles. The Bertz CT molecular complexity index is 443. The van der Waals surface area contributed by atoms with Gasteiger partial charge in [0.15, 0.2) is 0 Å². The van der Waals surface area contributed by atoms with Crippen molar-refractivity contribution in [3.8, 4) is 5.75 Å². The largest absolute Gasteiger partial charge is 0.497 e. The van der Waals surface area contributed by atoms with Crippen molar-refractivity contribution in [3.63, 3.8) is 0 Å². The maximum atomic E-state index is 9.39. The molecule has 0 bridgehead atoms. The molecule has 112 valence electrons. The van der Waals surface area contributed by atoms with Gasteiger partial charge in [-0.15, -0.1) is 0 Å². The van der Waals surface area contributed by atoms with Crippen LogP contribution < -0.4 is 10.2 Å². The second kappa shape index (κ2) is 6.61. The third kappa shape index (κ3) is 4.23. The molecule has 0 saturated heterocycles. The first kappa shape index (κ1) is 17.0. The van der Waals surface area contributed by atoms with Crippen molar-refractivity contribution in [2.75, 3.05) is 14.2 Å². The van der Waals surface area contributed by atoms with E-state index in [0.717, 1.165) is 12.1 Å². The maximum Gasteiger partial charge on any atom is 0.492 e. The molecule has 4 nitrogen and oxygen atoms in total. The first-order valence-electron chi connectivity index (χ1n) is 6.90. The van der Waals surface area contributed by atoms with Crippen LogP contribution >= 0.6 is 0 Å². The summed E-state index contributed by atoms with van der Waals surface area (Å²) in [6.45, 7) is 9.59. The van der Waals surface area contributed by atoms with Crippen LogP contribution in [0, 0.1) is 5.41 Å². The summed E-state index contributed by atoms with van der Waals surface area (Å²) in [5, 5.41) is 18.8. The van der Waals surface area contributed by atoms with E-state index in [2.05, 4.69) is 39.6 Å². The SMILES string of the molecule is COc1ccc(CN(C)C(C)C(C)(C)C)cc1B(O)O. The van der Waals surface area contributed by atoms with Crippen molar-refractivity contribution in [2.45, 2.75) is 40.3 Å². The smallest absolute Gasteiger partial charge is 0.492 e. The number of hydrogen-bond donors (Lipinski definition) is 2. The van der Waals surface area contributed by atoms with E-state index in [0.29, 0.717) is 17.3 Å². The Morgan fingerprint density at radius 3 is 2.35 bits per heavy atom. The zero-order valence-corrected chi connectivity index (χ0v) is 13.3. The van der Waals surface area contributed by atoms with Gasteiger partial charge in [0.25, 0.3) is 0 Å². The summed E-state index contributed by atoms with van der Waals surface area (Å²) in [6.07, 6.45) is 0. The maximum absolute atomic E-state index is 9.39. The minimum atomic E-state index is -1.52. The van der Waals surface area contributed by atoms with Crippen molar-refractivity contribution < 1.29 is 14.8 Å². The fourth-order valence-corrected chi connectivity index (χ4v) is 2.17. The summed E-state index contributed by atoms with van der Waals surface area (Å²) >= 11 is 0. The van der Waals surface area contributed by atoms with E-state index >= 15 is 0 Å². The Balaban J connectivity index is 2.91. The molecule has 2 N–H and O–H groups in total. The van der Waals surface area contributed by atoms with E-state index in [1.165, 1.54) is 7.11 Å². The lowest BCUT2D eigenvalue weighted by molar-refractivity contribution is 0.134. The van der Waals surface area contributed by atoms with Gasteiger partial charge in [-0.1, -0.05) is 32.9 Å². The minimum absolute atomic E-state index is 0.195. The molecule has 0 aromatic heterocycles. The summed E-state index contributed by atoms with van der Waals surface area (Å²) in [5.74, 6) is 0.496. The second-order valence-electron chi connectivity index (χ2n) is 6.41. The van der Waals surface area contributed by atoms with Crippen molar-refractivity contribution >= 4 is 12.6 Å². The number of ether oxygens (including phenoxy) is 1. The lowest BCUT2D eigenvalue weighted by Gasteiger charge is -2.35. The molecule has 1 aromatic carbocycles. The molecule has 0 spiro atoms. The van der Waals surface area contributed by atoms with Crippen molar-refractivity contribution in [1.82, 2.24) is 4.90 Å². The van der Waals surface area contributed by atoms with E-state index in [1.807, 2.05) is 6.07 Å². The second-order valence-corrected chi connectivity index (χ2v) is 6.41. The fraction of sp³-hybridized carbons (Fsp3) is 0.600. The van der Waals surface area contributed by atoms with Gasteiger partial charge in [0.1, 0.15) is 5.75 Å². The number of hydrogen-bond acceptors (Lipinski definition) is 4. The van der Waals surface area contributed by atoms with E-state index in [4.69, 9.17) is 4.74 Å². The van der Waals surface area contributed by atoms with Gasteiger partial charge in [-0.2, -0.15) is 0 Å². The highest BCUT2D eigenvalue weighted by Crippen LogP contribution is 2.24. The quantitative estimate of drug-likeness (QED) is 0.796. The van der Waals surface area contributed by atoms with Gasteiger partial charge < -0.3 is 14.8 Å². The first-order chi connectivity index (χ1) is 9.16. The molecule has 0 fully saturated rings. The number of methoxy groups -OCH3 is 1. The predicted molar refractivity (Wildman–Crippen MR) is 83.2 cm³/mol. The number of rotatable bonds is 5. The standard InChI is InChI=1S/C15H26BNO3/c1-11(15(2,3)4)17(5)10-12-7-8-14(20-6)13(9-12)16(18)19/h7-9,11,18-19H,10H2,1-6H3. The van der Waals surface area contributed by atoms with E-state index in [-0.39, 0.29) is 5.41 Å². The molecular weight excluding hydrogens is 253 g/mol. The topological polar surface area (TPSA) is 52.9 Å². The summed E-state index contributed by atoms with van der Waals surface area (Å²) < 4.78 is 5.13. The molecular formula is C15H26BNO3. The van der Waals surface area contributed by atoms with Crippen molar-refractivity contribution in [3.05, 3.63) is 23.8 Å². The van der Waals surface area contributed by atoms with Crippen LogP contribution in [0.25, 0.3) is 0 Å². The van der Waals surface area contributed by atoms with Crippen molar-refractivity contribution in [1.29, 1.82) is 0 Å². The van der Waals surface area contributed by atoms with Gasteiger partial charge in [0.2, 0.25) is 0 Å². The molecule has 0 aliphatic heterocycles. The summed E-state index contributed by atoms with van der Waals surface area (Å²) in [5.41, 5.74) is 1.63. The zero-order valence-electron chi connectivity index (χ0n) is 13.3. The highest BCUT2D eigenvalue weighted by molar-refractivity contribution is 6.59. The molecule has 1 rings (SSSR count). The van der Waals surface area contributed by atoms with Crippen LogP contribution in [0.1, 0.15) is 33.3 Å². The zero-order chi connectivity index (χ0) is 15.5. The van der Waals surface area contributed by atoms with Gasteiger partial charge in [-0.25, -0.2) is 0 Å². The molecule has 0 radical (unpaired) electrons. The highest BCUT2D eigenvalue weighted by Gasteiger charge is 2.24. The predicted octanol–water partition coefficient (Wildman–Crippen LogP) is 1.24. The normalized spacial score (nSPS) is 13.4. The van der Waals surface area contributed by atoms with Crippen LogP contribution in [-0.2, 0) is 6.54 Å². The molecule has 1 atom stereocenters. The summed E-state index contributed by atoms with van der Waals surface area (Å²) in [6, 6.07) is 5.93. The minimum Gasteiger partial charge on any atom is -0.497 e. The molecule has 5 heteroatoms. The van der Waals surface area contributed by atoms with E-state index in [9.17, 15) is 10.0 Å². The number of nitrogens with zero attached hydrogens (tertiary/aromatic N) is 1. The van der Waals surface area contributed by atoms with Crippen LogP contribution in [0.15, 0.2) is 18.2 Å². The molecule has 1 aromatic rings. The molecule has 0 aliphatic rings. The third-order valence-corrected chi connectivity index (χ3v) is 3.92.